The van der Waals surface area contributed by atoms with Crippen molar-refractivity contribution in [2.45, 2.75) is 57.3 Å². The van der Waals surface area contributed by atoms with Crippen LogP contribution in [-0.4, -0.2) is 36.5 Å². The summed E-state index contributed by atoms with van der Waals surface area (Å²) >= 11 is 0. The highest BCUT2D eigenvalue weighted by atomic mass is 16.5. The SMILES string of the molecule is COC(C)(C)CN[C@@H]1CCCC[C@H]1O. The molecule has 2 N–H and O–H groups in total. The topological polar surface area (TPSA) is 41.5 Å². The Kier molecular flexibility index (Phi) is 4.35. The lowest BCUT2D eigenvalue weighted by Gasteiger charge is -2.32. The van der Waals surface area contributed by atoms with E-state index >= 15 is 0 Å². The van der Waals surface area contributed by atoms with Crippen LogP contribution in [0.25, 0.3) is 0 Å². The maximum absolute atomic E-state index is 9.74. The van der Waals surface area contributed by atoms with Crippen LogP contribution in [0.2, 0.25) is 0 Å². The number of methoxy groups -OCH3 is 1. The summed E-state index contributed by atoms with van der Waals surface area (Å²) in [7, 11) is 1.72. The third kappa shape index (κ3) is 3.56. The Balaban J connectivity index is 2.29. The Bertz CT molecular complexity index is 171. The van der Waals surface area contributed by atoms with Gasteiger partial charge in [0.15, 0.2) is 0 Å². The first kappa shape index (κ1) is 12.0. The molecule has 0 amide bonds. The molecule has 0 unspecified atom stereocenters. The molecule has 1 aliphatic rings. The van der Waals surface area contributed by atoms with Crippen LogP contribution in [0, 0.1) is 0 Å². The minimum absolute atomic E-state index is 0.142. The molecule has 0 heterocycles. The molecule has 3 heteroatoms. The van der Waals surface area contributed by atoms with Crippen molar-refractivity contribution in [3.8, 4) is 0 Å². The molecule has 1 rings (SSSR count). The first-order valence-electron chi connectivity index (χ1n) is 5.52. The van der Waals surface area contributed by atoms with Gasteiger partial charge in [-0.15, -0.1) is 0 Å². The molecule has 0 saturated heterocycles. The highest BCUT2D eigenvalue weighted by Gasteiger charge is 2.25. The van der Waals surface area contributed by atoms with Gasteiger partial charge in [-0.1, -0.05) is 12.8 Å². The molecule has 0 aliphatic heterocycles. The molecule has 84 valence electrons. The molecule has 0 aromatic carbocycles. The molecular weight excluding hydrogens is 178 g/mol. The summed E-state index contributed by atoms with van der Waals surface area (Å²) in [6, 6.07) is 0.262. The van der Waals surface area contributed by atoms with Gasteiger partial charge in [0, 0.05) is 19.7 Å². The highest BCUT2D eigenvalue weighted by Crippen LogP contribution is 2.19. The van der Waals surface area contributed by atoms with Crippen LogP contribution in [0.5, 0.6) is 0 Å². The van der Waals surface area contributed by atoms with Gasteiger partial charge in [-0.25, -0.2) is 0 Å². The molecule has 0 aromatic rings. The fraction of sp³-hybridized carbons (Fsp3) is 1.00. The van der Waals surface area contributed by atoms with Crippen molar-refractivity contribution in [1.82, 2.24) is 5.32 Å². The zero-order valence-corrected chi connectivity index (χ0v) is 9.55. The monoisotopic (exact) mass is 201 g/mol. The third-order valence-corrected chi connectivity index (χ3v) is 3.07. The van der Waals surface area contributed by atoms with Gasteiger partial charge in [-0.3, -0.25) is 0 Å². The summed E-state index contributed by atoms with van der Waals surface area (Å²) in [6.45, 7) is 4.90. The molecule has 0 spiro atoms. The molecule has 3 nitrogen and oxygen atoms in total. The number of hydrogen-bond acceptors (Lipinski definition) is 3. The van der Waals surface area contributed by atoms with Gasteiger partial charge in [0.25, 0.3) is 0 Å². The molecule has 1 fully saturated rings. The second-order valence-corrected chi connectivity index (χ2v) is 4.80. The van der Waals surface area contributed by atoms with E-state index in [1.165, 1.54) is 6.42 Å². The van der Waals surface area contributed by atoms with Crippen LogP contribution in [0.4, 0.5) is 0 Å². The van der Waals surface area contributed by atoms with Crippen molar-refractivity contribution in [1.29, 1.82) is 0 Å². The summed E-state index contributed by atoms with van der Waals surface area (Å²) in [5.41, 5.74) is -0.142. The average molecular weight is 201 g/mol. The summed E-state index contributed by atoms with van der Waals surface area (Å²) < 4.78 is 5.32. The van der Waals surface area contributed by atoms with Gasteiger partial charge in [0.2, 0.25) is 0 Å². The van der Waals surface area contributed by atoms with Gasteiger partial charge in [-0.2, -0.15) is 0 Å². The largest absolute Gasteiger partial charge is 0.392 e. The summed E-state index contributed by atoms with van der Waals surface area (Å²) in [5.74, 6) is 0. The number of hydrogen-bond donors (Lipinski definition) is 2. The minimum atomic E-state index is -0.170. The molecule has 14 heavy (non-hydrogen) atoms. The van der Waals surface area contributed by atoms with Gasteiger partial charge >= 0.3 is 0 Å². The number of ether oxygens (including phenoxy) is 1. The zero-order valence-electron chi connectivity index (χ0n) is 9.55. The van der Waals surface area contributed by atoms with Crippen molar-refractivity contribution >= 4 is 0 Å². The molecule has 2 atom stereocenters. The van der Waals surface area contributed by atoms with E-state index in [0.717, 1.165) is 25.8 Å². The van der Waals surface area contributed by atoms with Crippen molar-refractivity contribution in [2.24, 2.45) is 0 Å². The zero-order chi connectivity index (χ0) is 10.6. The Morgan fingerprint density at radius 2 is 2.00 bits per heavy atom. The Morgan fingerprint density at radius 1 is 1.36 bits per heavy atom. The quantitative estimate of drug-likeness (QED) is 0.720. The standard InChI is InChI=1S/C11H23NO2/c1-11(2,14-3)8-12-9-6-4-5-7-10(9)13/h9-10,12-13H,4-8H2,1-3H3/t9-,10-/m1/s1. The van der Waals surface area contributed by atoms with E-state index in [1.54, 1.807) is 7.11 Å². The number of nitrogens with one attached hydrogen (secondary N) is 1. The number of aliphatic hydroxyl groups excluding tert-OH is 1. The lowest BCUT2D eigenvalue weighted by molar-refractivity contribution is 0.0110. The molecule has 0 bridgehead atoms. The first-order chi connectivity index (χ1) is 6.55. The smallest absolute Gasteiger partial charge is 0.0746 e. The lowest BCUT2D eigenvalue weighted by Crippen LogP contribution is -2.48. The highest BCUT2D eigenvalue weighted by molar-refractivity contribution is 4.83. The van der Waals surface area contributed by atoms with Gasteiger partial charge < -0.3 is 15.2 Å². The van der Waals surface area contributed by atoms with Crippen molar-refractivity contribution in [2.75, 3.05) is 13.7 Å². The van der Waals surface area contributed by atoms with Crippen LogP contribution in [0.1, 0.15) is 39.5 Å². The molecular formula is C11H23NO2. The minimum Gasteiger partial charge on any atom is -0.392 e. The fourth-order valence-electron chi connectivity index (χ4n) is 1.80. The molecule has 1 aliphatic carbocycles. The van der Waals surface area contributed by atoms with Crippen LogP contribution in [0.3, 0.4) is 0 Å². The molecule has 0 radical (unpaired) electrons. The predicted molar refractivity (Wildman–Crippen MR) is 57.4 cm³/mol. The fourth-order valence-corrected chi connectivity index (χ4v) is 1.80. The van der Waals surface area contributed by atoms with E-state index in [1.807, 2.05) is 0 Å². The van der Waals surface area contributed by atoms with Gasteiger partial charge in [-0.05, 0) is 26.7 Å². The maximum atomic E-state index is 9.74. The van der Waals surface area contributed by atoms with E-state index in [-0.39, 0.29) is 17.7 Å². The number of aliphatic hydroxyl groups is 1. The predicted octanol–water partition coefficient (Wildman–Crippen LogP) is 1.30. The van der Waals surface area contributed by atoms with Crippen LogP contribution >= 0.6 is 0 Å². The summed E-state index contributed by atoms with van der Waals surface area (Å²) in [5, 5.41) is 13.1. The average Bonchev–Trinajstić information content (AvgIpc) is 2.17. The second-order valence-electron chi connectivity index (χ2n) is 4.80. The van der Waals surface area contributed by atoms with E-state index in [4.69, 9.17) is 4.74 Å². The Labute approximate surface area is 86.8 Å². The summed E-state index contributed by atoms with van der Waals surface area (Å²) in [6.07, 6.45) is 4.23. The van der Waals surface area contributed by atoms with Crippen LogP contribution in [0.15, 0.2) is 0 Å². The van der Waals surface area contributed by atoms with E-state index < -0.39 is 0 Å². The second kappa shape index (κ2) is 5.10. The Morgan fingerprint density at radius 3 is 2.57 bits per heavy atom. The van der Waals surface area contributed by atoms with Crippen molar-refractivity contribution in [3.63, 3.8) is 0 Å². The van der Waals surface area contributed by atoms with E-state index in [0.29, 0.717) is 0 Å². The first-order valence-corrected chi connectivity index (χ1v) is 5.52. The normalized spacial score (nSPS) is 29.1. The van der Waals surface area contributed by atoms with E-state index in [2.05, 4.69) is 19.2 Å². The maximum Gasteiger partial charge on any atom is 0.0746 e. The van der Waals surface area contributed by atoms with Gasteiger partial charge in [0.05, 0.1) is 11.7 Å². The van der Waals surface area contributed by atoms with Crippen molar-refractivity contribution in [3.05, 3.63) is 0 Å². The lowest BCUT2D eigenvalue weighted by atomic mass is 9.92. The molecule has 1 saturated carbocycles. The van der Waals surface area contributed by atoms with Crippen LogP contribution in [-0.2, 0) is 4.74 Å². The Hall–Kier alpha value is -0.120. The van der Waals surface area contributed by atoms with Crippen molar-refractivity contribution < 1.29 is 9.84 Å². The summed E-state index contributed by atoms with van der Waals surface area (Å²) in [4.78, 5) is 0. The third-order valence-electron chi connectivity index (χ3n) is 3.07. The van der Waals surface area contributed by atoms with Crippen LogP contribution < -0.4 is 5.32 Å². The van der Waals surface area contributed by atoms with E-state index in [9.17, 15) is 5.11 Å². The van der Waals surface area contributed by atoms with Gasteiger partial charge in [0.1, 0.15) is 0 Å². The molecule has 0 aromatic heterocycles. The number of rotatable bonds is 4.